The maximum absolute atomic E-state index is 14.0. The van der Waals surface area contributed by atoms with Gasteiger partial charge in [-0.25, -0.2) is 9.87 Å². The minimum absolute atomic E-state index is 0.0783. The Hall–Kier alpha value is -2.71. The highest BCUT2D eigenvalue weighted by atomic mass is 19.1. The van der Waals surface area contributed by atoms with Gasteiger partial charge in [-0.3, -0.25) is 14.4 Å². The van der Waals surface area contributed by atoms with E-state index in [9.17, 15) is 14.0 Å². The van der Waals surface area contributed by atoms with Crippen molar-refractivity contribution in [2.45, 2.75) is 13.8 Å². The SMILES string of the molecule is CC(=O)c1cc(C(=O)NOCCO)c(Nc2ccc(C)cc2F)[nH]1. The van der Waals surface area contributed by atoms with Gasteiger partial charge in [-0.05, 0) is 30.7 Å². The summed E-state index contributed by atoms with van der Waals surface area (Å²) in [6.45, 7) is 2.76. The zero-order valence-corrected chi connectivity index (χ0v) is 13.3. The van der Waals surface area contributed by atoms with Crippen LogP contribution in [-0.2, 0) is 4.84 Å². The zero-order chi connectivity index (χ0) is 17.7. The van der Waals surface area contributed by atoms with E-state index in [2.05, 4.69) is 15.8 Å². The minimum atomic E-state index is -0.637. The number of hydrogen-bond donors (Lipinski definition) is 4. The third kappa shape index (κ3) is 4.18. The van der Waals surface area contributed by atoms with Gasteiger partial charge in [0.15, 0.2) is 5.78 Å². The van der Waals surface area contributed by atoms with Gasteiger partial charge in [0.25, 0.3) is 5.91 Å². The molecule has 0 atom stereocenters. The summed E-state index contributed by atoms with van der Waals surface area (Å²) in [6, 6.07) is 5.93. The lowest BCUT2D eigenvalue weighted by molar-refractivity contribution is 0.0169. The van der Waals surface area contributed by atoms with Gasteiger partial charge < -0.3 is 15.4 Å². The second-order valence-electron chi connectivity index (χ2n) is 5.14. The normalized spacial score (nSPS) is 10.5. The Balaban J connectivity index is 2.30. The van der Waals surface area contributed by atoms with Crippen LogP contribution in [0.5, 0.6) is 0 Å². The molecule has 1 aromatic carbocycles. The lowest BCUT2D eigenvalue weighted by atomic mass is 10.2. The molecule has 0 saturated heterocycles. The van der Waals surface area contributed by atoms with Gasteiger partial charge in [-0.1, -0.05) is 6.07 Å². The molecule has 8 heteroatoms. The second-order valence-corrected chi connectivity index (χ2v) is 5.14. The zero-order valence-electron chi connectivity index (χ0n) is 13.3. The number of aromatic amines is 1. The van der Waals surface area contributed by atoms with Crippen molar-refractivity contribution in [3.8, 4) is 0 Å². The fourth-order valence-electron chi connectivity index (χ4n) is 2.00. The molecule has 2 aromatic rings. The average Bonchev–Trinajstić information content (AvgIpc) is 2.94. The molecule has 0 bridgehead atoms. The summed E-state index contributed by atoms with van der Waals surface area (Å²) >= 11 is 0. The van der Waals surface area contributed by atoms with Crippen LogP contribution >= 0.6 is 0 Å². The molecule has 0 spiro atoms. The van der Waals surface area contributed by atoms with Gasteiger partial charge >= 0.3 is 0 Å². The van der Waals surface area contributed by atoms with Crippen LogP contribution in [0, 0.1) is 12.7 Å². The number of H-pyrrole nitrogens is 1. The number of aromatic nitrogens is 1. The number of anilines is 2. The van der Waals surface area contributed by atoms with Crippen LogP contribution in [0.15, 0.2) is 24.3 Å². The number of amides is 1. The number of Topliss-reactive ketones (excluding diaryl/α,β-unsaturated/α-hetero) is 1. The third-order valence-corrected chi connectivity index (χ3v) is 3.18. The quantitative estimate of drug-likeness (QED) is 0.352. The largest absolute Gasteiger partial charge is 0.394 e. The number of hydroxylamine groups is 1. The van der Waals surface area contributed by atoms with Gasteiger partial charge in [0.05, 0.1) is 30.2 Å². The number of rotatable bonds is 7. The number of nitrogens with one attached hydrogen (secondary N) is 3. The topological polar surface area (TPSA) is 103 Å². The van der Waals surface area contributed by atoms with E-state index in [0.717, 1.165) is 5.56 Å². The Morgan fingerprint density at radius 2 is 2.08 bits per heavy atom. The molecule has 1 aromatic heterocycles. The summed E-state index contributed by atoms with van der Waals surface area (Å²) in [6.07, 6.45) is 0. The van der Waals surface area contributed by atoms with E-state index >= 15 is 0 Å². The first kappa shape index (κ1) is 17.6. The number of aliphatic hydroxyl groups is 1. The van der Waals surface area contributed by atoms with Gasteiger partial charge in [0.2, 0.25) is 0 Å². The number of benzene rings is 1. The standard InChI is InChI=1S/C16H18FN3O4/c1-9-3-4-13(12(17)7-9)18-15-11(8-14(19-15)10(2)22)16(23)20-24-6-5-21/h3-4,7-8,18-19,21H,5-6H2,1-2H3,(H,20,23). The highest BCUT2D eigenvalue weighted by Crippen LogP contribution is 2.24. The highest BCUT2D eigenvalue weighted by molar-refractivity contribution is 6.03. The summed E-state index contributed by atoms with van der Waals surface area (Å²) in [5.41, 5.74) is 3.32. The molecule has 1 heterocycles. The molecule has 0 fully saturated rings. The molecular weight excluding hydrogens is 317 g/mol. The predicted molar refractivity (Wildman–Crippen MR) is 85.7 cm³/mol. The maximum Gasteiger partial charge on any atom is 0.278 e. The van der Waals surface area contributed by atoms with Crippen molar-refractivity contribution >= 4 is 23.2 Å². The van der Waals surface area contributed by atoms with Gasteiger partial charge in [0.1, 0.15) is 11.6 Å². The van der Waals surface area contributed by atoms with Gasteiger partial charge in [-0.2, -0.15) is 0 Å². The van der Waals surface area contributed by atoms with E-state index in [1.807, 2.05) is 0 Å². The summed E-state index contributed by atoms with van der Waals surface area (Å²) in [5.74, 6) is -1.25. The van der Waals surface area contributed by atoms with Crippen LogP contribution < -0.4 is 10.8 Å². The second kappa shape index (κ2) is 7.71. The summed E-state index contributed by atoms with van der Waals surface area (Å²) in [5, 5.41) is 11.4. The summed E-state index contributed by atoms with van der Waals surface area (Å²) in [7, 11) is 0. The van der Waals surface area contributed by atoms with E-state index in [4.69, 9.17) is 9.94 Å². The number of aryl methyl sites for hydroxylation is 1. The maximum atomic E-state index is 14.0. The van der Waals surface area contributed by atoms with Crippen LogP contribution in [0.1, 0.15) is 33.3 Å². The molecule has 0 aliphatic rings. The molecule has 24 heavy (non-hydrogen) atoms. The van der Waals surface area contributed by atoms with E-state index in [1.54, 1.807) is 13.0 Å². The molecule has 4 N–H and O–H groups in total. The number of carbonyl (C=O) groups excluding carboxylic acids is 2. The van der Waals surface area contributed by atoms with E-state index in [-0.39, 0.29) is 41.8 Å². The molecule has 1 amide bonds. The predicted octanol–water partition coefficient (Wildman–Crippen LogP) is 2.06. The van der Waals surface area contributed by atoms with Gasteiger partial charge in [-0.15, -0.1) is 0 Å². The molecule has 0 aliphatic heterocycles. The molecule has 7 nitrogen and oxygen atoms in total. The molecule has 0 aliphatic carbocycles. The van der Waals surface area contributed by atoms with Crippen LogP contribution in [0.4, 0.5) is 15.9 Å². The number of hydrogen-bond acceptors (Lipinski definition) is 5. The minimum Gasteiger partial charge on any atom is -0.394 e. The van der Waals surface area contributed by atoms with Crippen molar-refractivity contribution in [3.63, 3.8) is 0 Å². The first-order chi connectivity index (χ1) is 11.4. The number of aliphatic hydroxyl groups excluding tert-OH is 1. The smallest absolute Gasteiger partial charge is 0.278 e. The molecule has 128 valence electrons. The van der Waals surface area contributed by atoms with Crippen LogP contribution in [-0.4, -0.2) is 35.0 Å². The average molecular weight is 335 g/mol. The first-order valence-electron chi connectivity index (χ1n) is 7.22. The van der Waals surface area contributed by atoms with Crippen molar-refractivity contribution in [1.82, 2.24) is 10.5 Å². The lowest BCUT2D eigenvalue weighted by Crippen LogP contribution is -2.25. The Bertz CT molecular complexity index is 758. The van der Waals surface area contributed by atoms with Crippen LogP contribution in [0.2, 0.25) is 0 Å². The molecule has 0 unspecified atom stereocenters. The van der Waals surface area contributed by atoms with E-state index < -0.39 is 11.7 Å². The molecule has 0 radical (unpaired) electrons. The Morgan fingerprint density at radius 3 is 2.71 bits per heavy atom. The summed E-state index contributed by atoms with van der Waals surface area (Å²) < 4.78 is 14.0. The van der Waals surface area contributed by atoms with Crippen molar-refractivity contribution in [1.29, 1.82) is 0 Å². The van der Waals surface area contributed by atoms with Crippen molar-refractivity contribution in [2.75, 3.05) is 18.5 Å². The van der Waals surface area contributed by atoms with Crippen molar-refractivity contribution < 1.29 is 23.9 Å². The van der Waals surface area contributed by atoms with E-state index in [0.29, 0.717) is 0 Å². The molecule has 2 rings (SSSR count). The number of ketones is 1. The van der Waals surface area contributed by atoms with Crippen LogP contribution in [0.3, 0.4) is 0 Å². The summed E-state index contributed by atoms with van der Waals surface area (Å²) in [4.78, 5) is 31.2. The number of carbonyl (C=O) groups is 2. The lowest BCUT2D eigenvalue weighted by Gasteiger charge is -2.09. The van der Waals surface area contributed by atoms with Crippen molar-refractivity contribution in [3.05, 3.63) is 46.9 Å². The fourth-order valence-corrected chi connectivity index (χ4v) is 2.00. The molecule has 0 saturated carbocycles. The number of halogens is 1. The molecular formula is C16H18FN3O4. The Kier molecular flexibility index (Phi) is 5.67. The van der Waals surface area contributed by atoms with Gasteiger partial charge in [0, 0.05) is 6.92 Å². The highest BCUT2D eigenvalue weighted by Gasteiger charge is 2.18. The van der Waals surface area contributed by atoms with E-state index in [1.165, 1.54) is 25.1 Å². The fraction of sp³-hybridized carbons (Fsp3) is 0.250. The monoisotopic (exact) mass is 335 g/mol. The van der Waals surface area contributed by atoms with Crippen molar-refractivity contribution in [2.24, 2.45) is 0 Å². The Labute approximate surface area is 137 Å². The van der Waals surface area contributed by atoms with Crippen LogP contribution in [0.25, 0.3) is 0 Å². The Morgan fingerprint density at radius 1 is 1.33 bits per heavy atom. The third-order valence-electron chi connectivity index (χ3n) is 3.18. The first-order valence-corrected chi connectivity index (χ1v) is 7.22.